The van der Waals surface area contributed by atoms with Crippen molar-refractivity contribution in [1.29, 1.82) is 0 Å². The topological polar surface area (TPSA) is 21.8 Å². The van der Waals surface area contributed by atoms with Gasteiger partial charge in [0, 0.05) is 6.61 Å². The molecular formula is C10H20O2. The van der Waals surface area contributed by atoms with Crippen molar-refractivity contribution in [3.63, 3.8) is 0 Å². The van der Waals surface area contributed by atoms with E-state index in [0.29, 0.717) is 6.10 Å². The highest BCUT2D eigenvalue weighted by Crippen LogP contribution is 2.09. The third-order valence-corrected chi connectivity index (χ3v) is 2.10. The Morgan fingerprint density at radius 1 is 1.25 bits per heavy atom. The van der Waals surface area contributed by atoms with Crippen molar-refractivity contribution < 1.29 is 9.47 Å². The number of hydrogen-bond acceptors (Lipinski definition) is 2. The van der Waals surface area contributed by atoms with Gasteiger partial charge in [-0.3, -0.25) is 0 Å². The van der Waals surface area contributed by atoms with Gasteiger partial charge in [-0.25, -0.2) is 0 Å². The standard InChI is InChI=1S/C10H20O2/c1-2-3-4-5-6-7-11-8-10-9-12-10/h10H,2-9H2,1H3/t10-/m1/s1. The van der Waals surface area contributed by atoms with E-state index in [-0.39, 0.29) is 0 Å². The maximum atomic E-state index is 5.41. The average Bonchev–Trinajstić information content (AvgIpc) is 2.87. The molecule has 0 aliphatic carbocycles. The minimum atomic E-state index is 0.431. The Morgan fingerprint density at radius 3 is 2.67 bits per heavy atom. The van der Waals surface area contributed by atoms with E-state index in [0.717, 1.165) is 19.8 Å². The first-order chi connectivity index (χ1) is 5.93. The summed E-state index contributed by atoms with van der Waals surface area (Å²) in [5.41, 5.74) is 0. The Kier molecular flexibility index (Phi) is 5.37. The summed E-state index contributed by atoms with van der Waals surface area (Å²) in [7, 11) is 0. The van der Waals surface area contributed by atoms with Gasteiger partial charge < -0.3 is 9.47 Å². The third-order valence-electron chi connectivity index (χ3n) is 2.10. The SMILES string of the molecule is CCCCCCCOC[C@@H]1CO1. The Morgan fingerprint density at radius 2 is 2.00 bits per heavy atom. The highest BCUT2D eigenvalue weighted by molar-refractivity contribution is 4.66. The van der Waals surface area contributed by atoms with Gasteiger partial charge in [-0.15, -0.1) is 0 Å². The molecule has 1 heterocycles. The molecule has 0 aromatic heterocycles. The molecule has 0 N–H and O–H groups in total. The summed E-state index contributed by atoms with van der Waals surface area (Å²) in [6.45, 7) is 4.88. The van der Waals surface area contributed by atoms with E-state index in [2.05, 4.69) is 6.92 Å². The molecule has 0 spiro atoms. The van der Waals surface area contributed by atoms with Crippen molar-refractivity contribution in [3.8, 4) is 0 Å². The molecule has 72 valence electrons. The molecule has 0 aromatic carbocycles. The number of epoxide rings is 1. The van der Waals surface area contributed by atoms with Crippen LogP contribution < -0.4 is 0 Å². The molecular weight excluding hydrogens is 152 g/mol. The minimum Gasteiger partial charge on any atom is -0.379 e. The van der Waals surface area contributed by atoms with Gasteiger partial charge in [-0.1, -0.05) is 32.6 Å². The molecule has 1 saturated heterocycles. The van der Waals surface area contributed by atoms with Gasteiger partial charge in [0.15, 0.2) is 0 Å². The lowest BCUT2D eigenvalue weighted by molar-refractivity contribution is 0.113. The van der Waals surface area contributed by atoms with E-state index < -0.39 is 0 Å². The molecule has 0 amide bonds. The van der Waals surface area contributed by atoms with Gasteiger partial charge in [0.05, 0.1) is 13.2 Å². The van der Waals surface area contributed by atoms with E-state index in [9.17, 15) is 0 Å². The van der Waals surface area contributed by atoms with Crippen LogP contribution in [0.25, 0.3) is 0 Å². The first-order valence-corrected chi connectivity index (χ1v) is 5.13. The molecule has 2 nitrogen and oxygen atoms in total. The van der Waals surface area contributed by atoms with Crippen molar-refractivity contribution in [3.05, 3.63) is 0 Å². The molecule has 0 aromatic rings. The molecule has 1 atom stereocenters. The van der Waals surface area contributed by atoms with Crippen LogP contribution in [0.5, 0.6) is 0 Å². The molecule has 1 aliphatic rings. The van der Waals surface area contributed by atoms with Crippen LogP contribution >= 0.6 is 0 Å². The normalized spacial score (nSPS) is 21.2. The summed E-state index contributed by atoms with van der Waals surface area (Å²) in [6.07, 6.45) is 7.01. The van der Waals surface area contributed by atoms with Gasteiger partial charge in [0.2, 0.25) is 0 Å². The summed E-state index contributed by atoms with van der Waals surface area (Å²) in [4.78, 5) is 0. The van der Waals surface area contributed by atoms with E-state index in [1.165, 1.54) is 32.1 Å². The maximum absolute atomic E-state index is 5.41. The maximum Gasteiger partial charge on any atom is 0.104 e. The predicted octanol–water partition coefficient (Wildman–Crippen LogP) is 2.37. The summed E-state index contributed by atoms with van der Waals surface area (Å²) in [5.74, 6) is 0. The van der Waals surface area contributed by atoms with Crippen molar-refractivity contribution >= 4 is 0 Å². The zero-order valence-electron chi connectivity index (χ0n) is 8.05. The van der Waals surface area contributed by atoms with Crippen molar-refractivity contribution in [1.82, 2.24) is 0 Å². The second-order valence-corrected chi connectivity index (χ2v) is 3.44. The summed E-state index contributed by atoms with van der Waals surface area (Å²) in [5, 5.41) is 0. The number of rotatable bonds is 8. The minimum absolute atomic E-state index is 0.431. The van der Waals surface area contributed by atoms with E-state index in [1.807, 2.05) is 0 Å². The quantitative estimate of drug-likeness (QED) is 0.414. The molecule has 0 saturated carbocycles. The van der Waals surface area contributed by atoms with Crippen LogP contribution in [0, 0.1) is 0 Å². The van der Waals surface area contributed by atoms with Crippen LogP contribution in [0.4, 0.5) is 0 Å². The van der Waals surface area contributed by atoms with Crippen molar-refractivity contribution in [2.24, 2.45) is 0 Å². The van der Waals surface area contributed by atoms with Crippen LogP contribution in [0.2, 0.25) is 0 Å². The first-order valence-electron chi connectivity index (χ1n) is 5.13. The zero-order valence-corrected chi connectivity index (χ0v) is 8.05. The van der Waals surface area contributed by atoms with Crippen LogP contribution in [0.1, 0.15) is 39.0 Å². The second kappa shape index (κ2) is 6.44. The third kappa shape index (κ3) is 5.56. The van der Waals surface area contributed by atoms with Crippen molar-refractivity contribution in [2.75, 3.05) is 19.8 Å². The molecule has 0 bridgehead atoms. The Balaban J connectivity index is 1.65. The number of hydrogen-bond donors (Lipinski definition) is 0. The molecule has 1 rings (SSSR count). The van der Waals surface area contributed by atoms with E-state index >= 15 is 0 Å². The molecule has 12 heavy (non-hydrogen) atoms. The molecule has 0 unspecified atom stereocenters. The summed E-state index contributed by atoms with van der Waals surface area (Å²) in [6, 6.07) is 0. The summed E-state index contributed by atoms with van der Waals surface area (Å²) < 4.78 is 10.4. The number of unbranched alkanes of at least 4 members (excludes halogenated alkanes) is 4. The zero-order chi connectivity index (χ0) is 8.65. The Hall–Kier alpha value is -0.0800. The fourth-order valence-corrected chi connectivity index (χ4v) is 1.19. The molecule has 2 heteroatoms. The van der Waals surface area contributed by atoms with Crippen LogP contribution in [0.3, 0.4) is 0 Å². The van der Waals surface area contributed by atoms with Crippen LogP contribution in [-0.2, 0) is 9.47 Å². The monoisotopic (exact) mass is 172 g/mol. The Labute approximate surface area is 75.2 Å². The van der Waals surface area contributed by atoms with Crippen LogP contribution in [0.15, 0.2) is 0 Å². The van der Waals surface area contributed by atoms with Gasteiger partial charge in [-0.2, -0.15) is 0 Å². The van der Waals surface area contributed by atoms with Gasteiger partial charge >= 0.3 is 0 Å². The first kappa shape index (κ1) is 10.0. The molecule has 1 fully saturated rings. The fraction of sp³-hybridized carbons (Fsp3) is 1.00. The lowest BCUT2D eigenvalue weighted by atomic mass is 10.2. The Bertz CT molecular complexity index is 100. The van der Waals surface area contributed by atoms with E-state index in [4.69, 9.17) is 9.47 Å². The predicted molar refractivity (Wildman–Crippen MR) is 49.3 cm³/mol. The van der Waals surface area contributed by atoms with Crippen LogP contribution in [-0.4, -0.2) is 25.9 Å². The van der Waals surface area contributed by atoms with Gasteiger partial charge in [-0.05, 0) is 6.42 Å². The lowest BCUT2D eigenvalue weighted by Gasteiger charge is -2.01. The second-order valence-electron chi connectivity index (χ2n) is 3.44. The van der Waals surface area contributed by atoms with Gasteiger partial charge in [0.1, 0.15) is 6.10 Å². The average molecular weight is 172 g/mol. The number of ether oxygens (including phenoxy) is 2. The summed E-state index contributed by atoms with van der Waals surface area (Å²) >= 11 is 0. The molecule has 1 aliphatic heterocycles. The highest BCUT2D eigenvalue weighted by Gasteiger charge is 2.21. The highest BCUT2D eigenvalue weighted by atomic mass is 16.6. The lowest BCUT2D eigenvalue weighted by Crippen LogP contribution is -2.02. The fourth-order valence-electron chi connectivity index (χ4n) is 1.19. The van der Waals surface area contributed by atoms with Gasteiger partial charge in [0.25, 0.3) is 0 Å². The molecule has 0 radical (unpaired) electrons. The van der Waals surface area contributed by atoms with E-state index in [1.54, 1.807) is 0 Å². The largest absolute Gasteiger partial charge is 0.379 e. The smallest absolute Gasteiger partial charge is 0.104 e. The van der Waals surface area contributed by atoms with Crippen molar-refractivity contribution in [2.45, 2.75) is 45.1 Å².